The molecule has 3 aromatic heterocycles. The van der Waals surface area contributed by atoms with Crippen molar-refractivity contribution < 1.29 is 13.2 Å². The van der Waals surface area contributed by atoms with Crippen LogP contribution in [0.1, 0.15) is 5.56 Å². The van der Waals surface area contributed by atoms with E-state index in [9.17, 15) is 13.2 Å². The molecule has 4 rings (SSSR count). The van der Waals surface area contributed by atoms with Crippen LogP contribution in [0.2, 0.25) is 5.02 Å². The summed E-state index contributed by atoms with van der Waals surface area (Å²) in [5, 5.41) is 6.40. The number of amides is 1. The van der Waals surface area contributed by atoms with Gasteiger partial charge in [0.15, 0.2) is 5.13 Å². The summed E-state index contributed by atoms with van der Waals surface area (Å²) in [6.45, 7) is 0. The van der Waals surface area contributed by atoms with Crippen LogP contribution in [0.4, 0.5) is 10.8 Å². The molecule has 0 fully saturated rings. The van der Waals surface area contributed by atoms with Crippen LogP contribution in [0, 0.1) is 0 Å². The van der Waals surface area contributed by atoms with Gasteiger partial charge in [0.2, 0.25) is 15.9 Å². The summed E-state index contributed by atoms with van der Waals surface area (Å²) in [6, 6.07) is 8.39. The highest BCUT2D eigenvalue weighted by molar-refractivity contribution is 7.92. The standard InChI is InChI=1S/C19H16ClN5O3S2/c1-30(27,28)25-12-4-2-3-11(7-12)8-16(26)24-19-23-15(10-29-19)13-9-22-18-17(13)14(20)5-6-21-18/h2-7,9-10,25H,8H2,1H3,(H,21,22)(H,23,24,26). The van der Waals surface area contributed by atoms with Crippen LogP contribution in [0.5, 0.6) is 0 Å². The number of anilines is 2. The molecule has 0 atom stereocenters. The molecule has 8 nitrogen and oxygen atoms in total. The van der Waals surface area contributed by atoms with Gasteiger partial charge in [0.05, 0.1) is 23.4 Å². The largest absolute Gasteiger partial charge is 0.345 e. The van der Waals surface area contributed by atoms with Crippen molar-refractivity contribution in [2.45, 2.75) is 6.42 Å². The molecule has 0 aliphatic carbocycles. The maximum atomic E-state index is 12.4. The molecule has 0 aliphatic rings. The SMILES string of the molecule is CS(=O)(=O)Nc1cccc(CC(=O)Nc2nc(-c3c[nH]c4nccc(Cl)c34)cs2)c1. The molecule has 0 saturated carbocycles. The lowest BCUT2D eigenvalue weighted by molar-refractivity contribution is -0.115. The number of benzene rings is 1. The third-order valence-corrected chi connectivity index (χ3v) is 5.82. The van der Waals surface area contributed by atoms with E-state index in [2.05, 4.69) is 25.0 Å². The highest BCUT2D eigenvalue weighted by atomic mass is 35.5. The number of nitrogens with one attached hydrogen (secondary N) is 3. The molecule has 3 heterocycles. The van der Waals surface area contributed by atoms with Gasteiger partial charge in [-0.1, -0.05) is 23.7 Å². The Morgan fingerprint density at radius 2 is 2.13 bits per heavy atom. The quantitative estimate of drug-likeness (QED) is 0.402. The van der Waals surface area contributed by atoms with Gasteiger partial charge in [-0.15, -0.1) is 11.3 Å². The Morgan fingerprint density at radius 3 is 2.93 bits per heavy atom. The van der Waals surface area contributed by atoms with E-state index in [1.54, 1.807) is 42.7 Å². The summed E-state index contributed by atoms with van der Waals surface area (Å²) >= 11 is 7.59. The van der Waals surface area contributed by atoms with E-state index in [4.69, 9.17) is 11.6 Å². The molecule has 154 valence electrons. The Morgan fingerprint density at radius 1 is 1.30 bits per heavy atom. The summed E-state index contributed by atoms with van der Waals surface area (Å²) in [5.74, 6) is -0.258. The van der Waals surface area contributed by atoms with Crippen molar-refractivity contribution in [1.29, 1.82) is 0 Å². The van der Waals surface area contributed by atoms with Crippen molar-refractivity contribution >= 4 is 60.7 Å². The molecule has 0 radical (unpaired) electrons. The Balaban J connectivity index is 1.48. The van der Waals surface area contributed by atoms with E-state index in [0.717, 1.165) is 17.2 Å². The minimum atomic E-state index is -3.38. The van der Waals surface area contributed by atoms with Gasteiger partial charge < -0.3 is 10.3 Å². The van der Waals surface area contributed by atoms with Gasteiger partial charge in [-0.05, 0) is 23.8 Å². The monoisotopic (exact) mass is 461 g/mol. The van der Waals surface area contributed by atoms with Gasteiger partial charge in [-0.2, -0.15) is 0 Å². The van der Waals surface area contributed by atoms with Crippen LogP contribution in [-0.2, 0) is 21.2 Å². The van der Waals surface area contributed by atoms with Crippen LogP contribution < -0.4 is 10.0 Å². The number of aromatic nitrogens is 3. The highest BCUT2D eigenvalue weighted by Crippen LogP contribution is 2.34. The number of carbonyl (C=O) groups excluding carboxylic acids is 1. The zero-order valence-electron chi connectivity index (χ0n) is 15.6. The molecule has 4 aromatic rings. The second-order valence-electron chi connectivity index (χ2n) is 6.56. The number of rotatable bonds is 6. The number of pyridine rings is 1. The molecular formula is C19H16ClN5O3S2. The van der Waals surface area contributed by atoms with Gasteiger partial charge in [0.25, 0.3) is 0 Å². The Bertz CT molecular complexity index is 1350. The smallest absolute Gasteiger partial charge is 0.230 e. The van der Waals surface area contributed by atoms with Gasteiger partial charge in [0.1, 0.15) is 5.65 Å². The molecule has 1 amide bonds. The molecule has 3 N–H and O–H groups in total. The molecule has 0 unspecified atom stereocenters. The summed E-state index contributed by atoms with van der Waals surface area (Å²) in [7, 11) is -3.38. The van der Waals surface area contributed by atoms with E-state index in [-0.39, 0.29) is 12.3 Å². The fourth-order valence-corrected chi connectivity index (χ4v) is 4.51. The van der Waals surface area contributed by atoms with E-state index in [0.29, 0.717) is 32.7 Å². The molecule has 1 aromatic carbocycles. The number of hydrogen-bond acceptors (Lipinski definition) is 6. The number of aromatic amines is 1. The van der Waals surface area contributed by atoms with E-state index < -0.39 is 10.0 Å². The first-order chi connectivity index (χ1) is 14.3. The highest BCUT2D eigenvalue weighted by Gasteiger charge is 2.14. The molecular weight excluding hydrogens is 446 g/mol. The number of thiazole rings is 1. The summed E-state index contributed by atoms with van der Waals surface area (Å²) in [5.41, 5.74) is 3.23. The summed E-state index contributed by atoms with van der Waals surface area (Å²) in [6.07, 6.45) is 4.56. The first-order valence-corrected chi connectivity index (χ1v) is 11.9. The zero-order chi connectivity index (χ0) is 21.3. The topological polar surface area (TPSA) is 117 Å². The van der Waals surface area contributed by atoms with Gasteiger partial charge in [0, 0.05) is 34.4 Å². The number of carbonyl (C=O) groups is 1. The number of halogens is 1. The lowest BCUT2D eigenvalue weighted by Crippen LogP contribution is -2.15. The van der Waals surface area contributed by atoms with Crippen LogP contribution in [0.3, 0.4) is 0 Å². The number of sulfonamides is 1. The fourth-order valence-electron chi connectivity index (χ4n) is 2.98. The van der Waals surface area contributed by atoms with Gasteiger partial charge >= 0.3 is 0 Å². The first kappa shape index (κ1) is 20.3. The fraction of sp³-hybridized carbons (Fsp3) is 0.105. The molecule has 0 aliphatic heterocycles. The lowest BCUT2D eigenvalue weighted by atomic mass is 10.1. The van der Waals surface area contributed by atoms with Crippen molar-refractivity contribution in [2.24, 2.45) is 0 Å². The van der Waals surface area contributed by atoms with Crippen LogP contribution in [0.15, 0.2) is 48.1 Å². The van der Waals surface area contributed by atoms with E-state index in [1.807, 2.05) is 5.38 Å². The van der Waals surface area contributed by atoms with E-state index in [1.165, 1.54) is 11.3 Å². The molecule has 0 saturated heterocycles. The maximum absolute atomic E-state index is 12.4. The number of fused-ring (bicyclic) bond motifs is 1. The minimum Gasteiger partial charge on any atom is -0.345 e. The lowest BCUT2D eigenvalue weighted by Gasteiger charge is -2.06. The van der Waals surface area contributed by atoms with Gasteiger partial charge in [-0.3, -0.25) is 9.52 Å². The van der Waals surface area contributed by atoms with E-state index >= 15 is 0 Å². The summed E-state index contributed by atoms with van der Waals surface area (Å²) < 4.78 is 25.1. The van der Waals surface area contributed by atoms with Gasteiger partial charge in [-0.25, -0.2) is 18.4 Å². The predicted molar refractivity (Wildman–Crippen MR) is 119 cm³/mol. The molecule has 30 heavy (non-hydrogen) atoms. The number of hydrogen-bond donors (Lipinski definition) is 3. The van der Waals surface area contributed by atoms with Crippen molar-refractivity contribution in [1.82, 2.24) is 15.0 Å². The average Bonchev–Trinajstić information content (AvgIpc) is 3.28. The van der Waals surface area contributed by atoms with Crippen LogP contribution in [-0.4, -0.2) is 35.5 Å². The second-order valence-corrected chi connectivity index (χ2v) is 9.57. The van der Waals surface area contributed by atoms with Crippen LogP contribution in [0.25, 0.3) is 22.3 Å². The number of H-pyrrole nitrogens is 1. The van der Waals surface area contributed by atoms with Crippen molar-refractivity contribution in [3.05, 3.63) is 58.7 Å². The van der Waals surface area contributed by atoms with Crippen molar-refractivity contribution in [3.8, 4) is 11.3 Å². The third kappa shape index (κ3) is 4.61. The second kappa shape index (κ2) is 8.05. The normalized spacial score (nSPS) is 11.5. The Kier molecular flexibility index (Phi) is 5.46. The molecule has 11 heteroatoms. The Hall–Kier alpha value is -2.95. The summed E-state index contributed by atoms with van der Waals surface area (Å²) in [4.78, 5) is 24.2. The van der Waals surface area contributed by atoms with Crippen molar-refractivity contribution in [2.75, 3.05) is 16.3 Å². The van der Waals surface area contributed by atoms with Crippen LogP contribution >= 0.6 is 22.9 Å². The Labute approximate surface area is 181 Å². The minimum absolute atomic E-state index is 0.0804. The zero-order valence-corrected chi connectivity index (χ0v) is 18.0. The maximum Gasteiger partial charge on any atom is 0.230 e. The predicted octanol–water partition coefficient (Wildman–Crippen LogP) is 3.89. The van der Waals surface area contributed by atoms with Crippen molar-refractivity contribution in [3.63, 3.8) is 0 Å². The third-order valence-electron chi connectivity index (χ3n) is 4.14. The molecule has 0 spiro atoms. The first-order valence-electron chi connectivity index (χ1n) is 8.72. The average molecular weight is 462 g/mol. The number of nitrogens with zero attached hydrogens (tertiary/aromatic N) is 2. The molecule has 0 bridgehead atoms.